The average Bonchev–Trinajstić information content (AvgIpc) is 3.03. The highest BCUT2D eigenvalue weighted by atomic mass is 35.5. The summed E-state index contributed by atoms with van der Waals surface area (Å²) in [5, 5.41) is 3.68. The standard InChI is InChI=1S/C36H39Cl2N3O4S/c1-5-27(4)39-36(43)34(22-28-13-8-6-9-14-28)40(23-30-31(37)17-12-18-32(30)38)35(42)24-41(33-20-19-25(2)21-26(33)3)46(44,45)29-15-10-7-11-16-29/h6-21,27,34H,5,22-24H2,1-4H3,(H,39,43)/t27-,34+/m0/s1. The van der Waals surface area contributed by atoms with E-state index in [1.807, 2.05) is 57.2 Å². The van der Waals surface area contributed by atoms with E-state index in [0.29, 0.717) is 33.3 Å². The lowest BCUT2D eigenvalue weighted by Crippen LogP contribution is -2.54. The van der Waals surface area contributed by atoms with Crippen LogP contribution in [0.5, 0.6) is 0 Å². The quantitative estimate of drug-likeness (QED) is 0.160. The Morgan fingerprint density at radius 3 is 2.04 bits per heavy atom. The number of aryl methyl sites for hydroxylation is 2. The summed E-state index contributed by atoms with van der Waals surface area (Å²) >= 11 is 13.2. The number of carbonyl (C=O) groups is 2. The number of nitrogens with zero attached hydrogens (tertiary/aromatic N) is 2. The Kier molecular flexibility index (Phi) is 11.9. The van der Waals surface area contributed by atoms with Crippen LogP contribution < -0.4 is 9.62 Å². The van der Waals surface area contributed by atoms with Crippen LogP contribution in [-0.2, 0) is 32.6 Å². The number of benzene rings is 4. The van der Waals surface area contributed by atoms with Crippen molar-refractivity contribution in [2.24, 2.45) is 0 Å². The van der Waals surface area contributed by atoms with E-state index in [2.05, 4.69) is 5.32 Å². The molecule has 0 aliphatic carbocycles. The lowest BCUT2D eigenvalue weighted by molar-refractivity contribution is -0.140. The molecule has 0 aromatic heterocycles. The molecule has 4 rings (SSSR count). The van der Waals surface area contributed by atoms with Crippen LogP contribution in [0.2, 0.25) is 10.0 Å². The Morgan fingerprint density at radius 1 is 0.848 bits per heavy atom. The third kappa shape index (κ3) is 8.49. The molecular weight excluding hydrogens is 641 g/mol. The van der Waals surface area contributed by atoms with Gasteiger partial charge in [-0.2, -0.15) is 0 Å². The van der Waals surface area contributed by atoms with Gasteiger partial charge in [0.25, 0.3) is 10.0 Å². The van der Waals surface area contributed by atoms with Gasteiger partial charge in [-0.05, 0) is 68.7 Å². The number of hydrogen-bond acceptors (Lipinski definition) is 4. The van der Waals surface area contributed by atoms with Gasteiger partial charge in [0.1, 0.15) is 12.6 Å². The molecule has 0 aliphatic rings. The number of anilines is 1. The minimum atomic E-state index is -4.20. The average molecular weight is 681 g/mol. The second-order valence-electron chi connectivity index (χ2n) is 11.4. The molecule has 2 atom stereocenters. The minimum absolute atomic E-state index is 0.0406. The molecule has 0 unspecified atom stereocenters. The third-order valence-corrected chi connectivity index (χ3v) is 10.4. The van der Waals surface area contributed by atoms with Crippen molar-refractivity contribution in [3.05, 3.63) is 129 Å². The van der Waals surface area contributed by atoms with Gasteiger partial charge in [0.2, 0.25) is 11.8 Å². The summed E-state index contributed by atoms with van der Waals surface area (Å²) in [6, 6.07) is 26.6. The van der Waals surface area contributed by atoms with Crippen LogP contribution >= 0.6 is 23.2 Å². The molecule has 0 aliphatic heterocycles. The Hall–Kier alpha value is -3.85. The fraction of sp³-hybridized carbons (Fsp3) is 0.278. The van der Waals surface area contributed by atoms with E-state index < -0.39 is 28.5 Å². The normalized spacial score (nSPS) is 12.7. The summed E-state index contributed by atoms with van der Waals surface area (Å²) in [6.45, 7) is 6.89. The number of nitrogens with one attached hydrogen (secondary N) is 1. The zero-order valence-corrected chi connectivity index (χ0v) is 28.7. The molecule has 0 fully saturated rings. The van der Waals surface area contributed by atoms with Crippen molar-refractivity contribution in [2.75, 3.05) is 10.8 Å². The van der Waals surface area contributed by atoms with Crippen molar-refractivity contribution >= 4 is 50.7 Å². The molecule has 7 nitrogen and oxygen atoms in total. The first-order valence-corrected chi connectivity index (χ1v) is 17.3. The summed E-state index contributed by atoms with van der Waals surface area (Å²) in [7, 11) is -4.20. The van der Waals surface area contributed by atoms with E-state index in [1.54, 1.807) is 55.5 Å². The predicted molar refractivity (Wildman–Crippen MR) is 186 cm³/mol. The molecule has 46 heavy (non-hydrogen) atoms. The lowest BCUT2D eigenvalue weighted by Gasteiger charge is -2.35. The van der Waals surface area contributed by atoms with Crippen LogP contribution in [0.4, 0.5) is 5.69 Å². The van der Waals surface area contributed by atoms with Crippen molar-refractivity contribution in [1.82, 2.24) is 10.2 Å². The van der Waals surface area contributed by atoms with Crippen molar-refractivity contribution in [2.45, 2.75) is 64.1 Å². The Bertz CT molecular complexity index is 1750. The molecule has 4 aromatic rings. The Balaban J connectivity index is 1.86. The van der Waals surface area contributed by atoms with E-state index >= 15 is 0 Å². The summed E-state index contributed by atoms with van der Waals surface area (Å²) in [4.78, 5) is 30.1. The smallest absolute Gasteiger partial charge is 0.264 e. The number of hydrogen-bond donors (Lipinski definition) is 1. The van der Waals surface area contributed by atoms with Crippen LogP contribution in [0.3, 0.4) is 0 Å². The SMILES string of the molecule is CC[C@H](C)NC(=O)[C@@H](Cc1ccccc1)N(Cc1c(Cl)cccc1Cl)C(=O)CN(c1ccc(C)cc1C)S(=O)(=O)c1ccccc1. The van der Waals surface area contributed by atoms with Gasteiger partial charge in [-0.3, -0.25) is 13.9 Å². The largest absolute Gasteiger partial charge is 0.352 e. The second kappa shape index (κ2) is 15.6. The predicted octanol–water partition coefficient (Wildman–Crippen LogP) is 7.36. The van der Waals surface area contributed by atoms with Crippen molar-refractivity contribution in [3.63, 3.8) is 0 Å². The van der Waals surface area contributed by atoms with Crippen LogP contribution in [0, 0.1) is 13.8 Å². The highest BCUT2D eigenvalue weighted by Crippen LogP contribution is 2.30. The van der Waals surface area contributed by atoms with Gasteiger partial charge in [0.15, 0.2) is 0 Å². The molecule has 0 radical (unpaired) electrons. The fourth-order valence-electron chi connectivity index (χ4n) is 5.17. The number of carbonyl (C=O) groups excluding carboxylic acids is 2. The molecule has 0 spiro atoms. The highest BCUT2D eigenvalue weighted by Gasteiger charge is 2.36. The van der Waals surface area contributed by atoms with Crippen LogP contribution in [0.15, 0.2) is 102 Å². The Morgan fingerprint density at radius 2 is 1.46 bits per heavy atom. The van der Waals surface area contributed by atoms with Gasteiger partial charge < -0.3 is 10.2 Å². The first-order valence-electron chi connectivity index (χ1n) is 15.1. The van der Waals surface area contributed by atoms with Crippen LogP contribution in [0.25, 0.3) is 0 Å². The monoisotopic (exact) mass is 679 g/mol. The van der Waals surface area contributed by atoms with E-state index in [0.717, 1.165) is 15.4 Å². The number of amides is 2. The third-order valence-electron chi connectivity index (χ3n) is 7.89. The molecule has 0 saturated heterocycles. The topological polar surface area (TPSA) is 86.8 Å². The highest BCUT2D eigenvalue weighted by molar-refractivity contribution is 7.92. The van der Waals surface area contributed by atoms with E-state index in [1.165, 1.54) is 17.0 Å². The maximum absolute atomic E-state index is 14.7. The molecule has 0 heterocycles. The van der Waals surface area contributed by atoms with E-state index in [-0.39, 0.29) is 29.8 Å². The Labute approximate surface area is 282 Å². The van der Waals surface area contributed by atoms with Crippen LogP contribution in [0.1, 0.15) is 42.5 Å². The molecule has 1 N–H and O–H groups in total. The first kappa shape index (κ1) is 35.0. The van der Waals surface area contributed by atoms with Gasteiger partial charge in [0.05, 0.1) is 10.6 Å². The van der Waals surface area contributed by atoms with Gasteiger partial charge >= 0.3 is 0 Å². The molecule has 242 valence electrons. The summed E-state index contributed by atoms with van der Waals surface area (Å²) in [5.74, 6) is -0.950. The van der Waals surface area contributed by atoms with Crippen molar-refractivity contribution in [1.29, 1.82) is 0 Å². The summed E-state index contributed by atoms with van der Waals surface area (Å²) in [6.07, 6.45) is 0.871. The maximum Gasteiger partial charge on any atom is 0.264 e. The molecule has 0 saturated carbocycles. The lowest BCUT2D eigenvalue weighted by atomic mass is 10.0. The number of halogens is 2. The van der Waals surface area contributed by atoms with Gasteiger partial charge in [-0.25, -0.2) is 8.42 Å². The zero-order valence-electron chi connectivity index (χ0n) is 26.4. The number of sulfonamides is 1. The molecule has 0 bridgehead atoms. The van der Waals surface area contributed by atoms with Crippen LogP contribution in [-0.4, -0.2) is 43.8 Å². The van der Waals surface area contributed by atoms with Crippen molar-refractivity contribution < 1.29 is 18.0 Å². The number of rotatable bonds is 13. The van der Waals surface area contributed by atoms with Gasteiger partial charge in [-0.1, -0.05) is 102 Å². The summed E-state index contributed by atoms with van der Waals surface area (Å²) in [5.41, 5.74) is 3.28. The second-order valence-corrected chi connectivity index (χ2v) is 14.0. The van der Waals surface area contributed by atoms with E-state index in [9.17, 15) is 18.0 Å². The molecule has 10 heteroatoms. The first-order chi connectivity index (χ1) is 21.9. The van der Waals surface area contributed by atoms with Crippen molar-refractivity contribution in [3.8, 4) is 0 Å². The maximum atomic E-state index is 14.7. The summed E-state index contributed by atoms with van der Waals surface area (Å²) < 4.78 is 29.5. The minimum Gasteiger partial charge on any atom is -0.352 e. The molecule has 2 amide bonds. The zero-order chi connectivity index (χ0) is 33.4. The van der Waals surface area contributed by atoms with Gasteiger partial charge in [-0.15, -0.1) is 0 Å². The van der Waals surface area contributed by atoms with Gasteiger partial charge in [0, 0.05) is 34.6 Å². The molecule has 4 aromatic carbocycles. The fourth-order valence-corrected chi connectivity index (χ4v) is 7.18. The molecular formula is C36H39Cl2N3O4S. The van der Waals surface area contributed by atoms with E-state index in [4.69, 9.17) is 23.2 Å².